The lowest BCUT2D eigenvalue weighted by Crippen LogP contribution is -2.11. The average molecular weight is 719 g/mol. The Morgan fingerprint density at radius 2 is 0.821 bits per heavy atom. The predicted octanol–water partition coefficient (Wildman–Crippen LogP) is 13.6. The summed E-state index contributed by atoms with van der Waals surface area (Å²) in [7, 11) is 0. The minimum absolute atomic E-state index is 0.590. The van der Waals surface area contributed by atoms with Gasteiger partial charge in [-0.2, -0.15) is 0 Å². The molecule has 0 amide bonds. The lowest BCUT2D eigenvalue weighted by Gasteiger charge is -2.28. The molecule has 56 heavy (non-hydrogen) atoms. The second kappa shape index (κ2) is 14.3. The minimum Gasteiger partial charge on any atom is -0.456 e. The zero-order valence-electron chi connectivity index (χ0n) is 30.3. The quantitative estimate of drug-likeness (QED) is 0.157. The number of anilines is 3. The van der Waals surface area contributed by atoms with E-state index in [1.807, 2.05) is 72.8 Å². The van der Waals surface area contributed by atoms with Gasteiger partial charge in [-0.15, -0.1) is 0 Å². The number of rotatable bonds is 8. The van der Waals surface area contributed by atoms with Gasteiger partial charge in [0.2, 0.25) is 0 Å². The first kappa shape index (κ1) is 33.0. The van der Waals surface area contributed by atoms with Gasteiger partial charge in [0.05, 0.1) is 5.69 Å². The third kappa shape index (κ3) is 6.17. The Kier molecular flexibility index (Phi) is 8.43. The van der Waals surface area contributed by atoms with E-state index in [1.165, 1.54) is 11.1 Å². The average Bonchev–Trinajstić information content (AvgIpc) is 3.66. The molecular weight excluding hydrogens is 685 g/mol. The van der Waals surface area contributed by atoms with E-state index in [0.29, 0.717) is 17.5 Å². The Morgan fingerprint density at radius 1 is 0.339 bits per heavy atom. The maximum Gasteiger partial charge on any atom is 0.164 e. The summed E-state index contributed by atoms with van der Waals surface area (Å²) in [5, 5.41) is 2.11. The molecule has 0 saturated heterocycles. The maximum absolute atomic E-state index is 6.56. The van der Waals surface area contributed by atoms with Gasteiger partial charge in [0.15, 0.2) is 17.5 Å². The fraction of sp³-hybridized carbons (Fsp3) is 0. The van der Waals surface area contributed by atoms with Crippen molar-refractivity contribution >= 4 is 39.0 Å². The Morgan fingerprint density at radius 3 is 1.46 bits per heavy atom. The van der Waals surface area contributed by atoms with Crippen molar-refractivity contribution in [3.8, 4) is 56.4 Å². The highest BCUT2D eigenvalue weighted by Gasteiger charge is 2.19. The second-order valence-corrected chi connectivity index (χ2v) is 13.6. The van der Waals surface area contributed by atoms with Gasteiger partial charge in [-0.25, -0.2) is 15.0 Å². The van der Waals surface area contributed by atoms with Crippen molar-refractivity contribution in [3.05, 3.63) is 206 Å². The van der Waals surface area contributed by atoms with E-state index in [-0.39, 0.29) is 0 Å². The molecule has 0 spiro atoms. The van der Waals surface area contributed by atoms with Gasteiger partial charge < -0.3 is 9.32 Å². The molecule has 0 aliphatic rings. The first-order chi connectivity index (χ1) is 27.8. The van der Waals surface area contributed by atoms with Crippen molar-refractivity contribution in [2.24, 2.45) is 0 Å². The first-order valence-electron chi connectivity index (χ1n) is 18.7. The molecular formula is C51H34N4O. The molecule has 0 radical (unpaired) electrons. The Hall–Kier alpha value is -7.63. The normalized spacial score (nSPS) is 11.2. The molecule has 5 heteroatoms. The Labute approximate surface area is 324 Å². The molecule has 10 rings (SSSR count). The Bertz CT molecular complexity index is 2890. The molecule has 2 aromatic heterocycles. The van der Waals surface area contributed by atoms with Crippen molar-refractivity contribution in [1.82, 2.24) is 15.0 Å². The van der Waals surface area contributed by atoms with Crippen LogP contribution in [0.1, 0.15) is 0 Å². The molecule has 0 atom stereocenters. The second-order valence-electron chi connectivity index (χ2n) is 13.6. The minimum atomic E-state index is 0.590. The van der Waals surface area contributed by atoms with Gasteiger partial charge in [0.1, 0.15) is 11.2 Å². The molecule has 10 aromatic rings. The fourth-order valence-electron chi connectivity index (χ4n) is 7.47. The molecule has 0 unspecified atom stereocenters. The van der Waals surface area contributed by atoms with E-state index < -0.39 is 0 Å². The molecule has 0 bridgehead atoms. The lowest BCUT2D eigenvalue weighted by atomic mass is 9.98. The van der Waals surface area contributed by atoms with Crippen LogP contribution in [0.3, 0.4) is 0 Å². The fourth-order valence-corrected chi connectivity index (χ4v) is 7.47. The van der Waals surface area contributed by atoms with Gasteiger partial charge >= 0.3 is 0 Å². The zero-order chi connectivity index (χ0) is 37.3. The molecule has 264 valence electrons. The van der Waals surface area contributed by atoms with Crippen LogP contribution in [-0.2, 0) is 0 Å². The summed E-state index contributed by atoms with van der Waals surface area (Å²) in [5.41, 5.74) is 12.1. The summed E-state index contributed by atoms with van der Waals surface area (Å²) in [6.07, 6.45) is 0. The zero-order valence-corrected chi connectivity index (χ0v) is 30.3. The van der Waals surface area contributed by atoms with Gasteiger partial charge in [-0.1, -0.05) is 158 Å². The van der Waals surface area contributed by atoms with Crippen molar-refractivity contribution in [3.63, 3.8) is 0 Å². The summed E-state index contributed by atoms with van der Waals surface area (Å²) < 4.78 is 6.56. The highest BCUT2D eigenvalue weighted by atomic mass is 16.3. The molecule has 0 fully saturated rings. The molecule has 0 aliphatic heterocycles. The maximum atomic E-state index is 6.56. The van der Waals surface area contributed by atoms with Crippen molar-refractivity contribution in [1.29, 1.82) is 0 Å². The van der Waals surface area contributed by atoms with E-state index in [1.54, 1.807) is 0 Å². The first-order valence-corrected chi connectivity index (χ1v) is 18.7. The van der Waals surface area contributed by atoms with Crippen LogP contribution in [0.5, 0.6) is 0 Å². The van der Waals surface area contributed by atoms with Crippen LogP contribution in [0.25, 0.3) is 78.4 Å². The van der Waals surface area contributed by atoms with Crippen LogP contribution in [0, 0.1) is 0 Å². The van der Waals surface area contributed by atoms with Crippen molar-refractivity contribution < 1.29 is 4.42 Å². The number of benzene rings is 8. The van der Waals surface area contributed by atoms with E-state index >= 15 is 0 Å². The molecule has 8 aromatic carbocycles. The van der Waals surface area contributed by atoms with Gasteiger partial charge in [0, 0.05) is 44.4 Å². The third-order valence-corrected chi connectivity index (χ3v) is 10.1. The van der Waals surface area contributed by atoms with E-state index in [4.69, 9.17) is 19.4 Å². The molecule has 0 N–H and O–H groups in total. The largest absolute Gasteiger partial charge is 0.456 e. The number of aromatic nitrogens is 3. The molecule has 5 nitrogen and oxygen atoms in total. The highest BCUT2D eigenvalue weighted by Crippen LogP contribution is 2.43. The number of fused-ring (bicyclic) bond motifs is 3. The number of nitrogens with zero attached hydrogens (tertiary/aromatic N) is 4. The standard InChI is InChI=1S/C51H34N4O/c1-5-16-35(17-6-1)42-24-13-14-26-45(42)55(40-22-11-4-12-23-40)41-31-28-36(29-32-41)43-25-15-27-46-48(43)44-33-30-39(34-47(44)56-46)51-53-49(37-18-7-2-8-19-37)52-50(54-51)38-20-9-3-10-21-38/h1-34H. The smallest absolute Gasteiger partial charge is 0.164 e. The Balaban J connectivity index is 1.05. The van der Waals surface area contributed by atoms with Gasteiger partial charge in [-0.05, 0) is 65.2 Å². The van der Waals surface area contributed by atoms with Gasteiger partial charge in [0.25, 0.3) is 0 Å². The van der Waals surface area contributed by atoms with Crippen LogP contribution < -0.4 is 4.90 Å². The molecule has 0 saturated carbocycles. The summed E-state index contributed by atoms with van der Waals surface area (Å²) in [4.78, 5) is 17.1. The van der Waals surface area contributed by atoms with E-state index in [0.717, 1.165) is 66.8 Å². The summed E-state index contributed by atoms with van der Waals surface area (Å²) in [6, 6.07) is 71.1. The molecule has 0 aliphatic carbocycles. The van der Waals surface area contributed by atoms with E-state index in [9.17, 15) is 0 Å². The van der Waals surface area contributed by atoms with Crippen LogP contribution >= 0.6 is 0 Å². The molecule has 2 heterocycles. The summed E-state index contributed by atoms with van der Waals surface area (Å²) >= 11 is 0. The number of hydrogen-bond donors (Lipinski definition) is 0. The lowest BCUT2D eigenvalue weighted by molar-refractivity contribution is 0.669. The number of furan rings is 1. The van der Waals surface area contributed by atoms with Crippen molar-refractivity contribution in [2.75, 3.05) is 4.90 Å². The monoisotopic (exact) mass is 718 g/mol. The van der Waals surface area contributed by atoms with Gasteiger partial charge in [-0.3, -0.25) is 0 Å². The third-order valence-electron chi connectivity index (χ3n) is 10.1. The number of hydrogen-bond acceptors (Lipinski definition) is 5. The van der Waals surface area contributed by atoms with Crippen LogP contribution in [0.4, 0.5) is 17.1 Å². The SMILES string of the molecule is c1ccc(-c2nc(-c3ccccc3)nc(-c3ccc4c(c3)oc3cccc(-c5ccc(N(c6ccccc6)c6ccccc6-c6ccccc6)cc5)c34)n2)cc1. The highest BCUT2D eigenvalue weighted by molar-refractivity contribution is 6.13. The van der Waals surface area contributed by atoms with Crippen LogP contribution in [-0.4, -0.2) is 15.0 Å². The van der Waals surface area contributed by atoms with Crippen molar-refractivity contribution in [2.45, 2.75) is 0 Å². The van der Waals surface area contributed by atoms with Crippen LogP contribution in [0.15, 0.2) is 211 Å². The summed E-state index contributed by atoms with van der Waals surface area (Å²) in [5.74, 6) is 1.84. The van der Waals surface area contributed by atoms with Crippen LogP contribution in [0.2, 0.25) is 0 Å². The van der Waals surface area contributed by atoms with E-state index in [2.05, 4.69) is 138 Å². The number of para-hydroxylation sites is 2. The topological polar surface area (TPSA) is 55.1 Å². The predicted molar refractivity (Wildman–Crippen MR) is 229 cm³/mol. The summed E-state index contributed by atoms with van der Waals surface area (Å²) in [6.45, 7) is 0.